The summed E-state index contributed by atoms with van der Waals surface area (Å²) in [6.45, 7) is 10.4. The Hall–Kier alpha value is -1.10. The Morgan fingerprint density at radius 1 is 1.26 bits per heavy atom. The van der Waals surface area contributed by atoms with E-state index in [2.05, 4.69) is 43.1 Å². The zero-order valence-electron chi connectivity index (χ0n) is 14.5. The Labute approximate surface area is 146 Å². The maximum absolute atomic E-state index is 12.1. The summed E-state index contributed by atoms with van der Waals surface area (Å²) in [5.41, 5.74) is 10.9. The second-order valence-electron chi connectivity index (χ2n) is 6.52. The first-order chi connectivity index (χ1) is 10.5. The maximum atomic E-state index is 12.1. The fourth-order valence-corrected chi connectivity index (χ4v) is 3.18. The standard InChI is InChI=1S/C18H29N3O.ClH/c1-13-9-15(3)17(10-14(13)2)12-21-8-4-5-16(11-21)18(22)20-7-6-19;/h9-10,16H,4-8,11-12,19H2,1-3H3,(H,20,22);1H. The first-order valence-corrected chi connectivity index (χ1v) is 8.28. The number of nitrogens with zero attached hydrogens (tertiary/aromatic N) is 1. The molecule has 0 aliphatic carbocycles. The molecule has 0 bridgehead atoms. The predicted molar refractivity (Wildman–Crippen MR) is 98.0 cm³/mol. The van der Waals surface area contributed by atoms with Crippen molar-refractivity contribution in [3.05, 3.63) is 34.4 Å². The number of aryl methyl sites for hydroxylation is 3. The minimum Gasteiger partial charge on any atom is -0.355 e. The molecule has 1 atom stereocenters. The number of carbonyl (C=O) groups is 1. The number of amides is 1. The zero-order chi connectivity index (χ0) is 16.1. The quantitative estimate of drug-likeness (QED) is 0.865. The summed E-state index contributed by atoms with van der Waals surface area (Å²) < 4.78 is 0. The van der Waals surface area contributed by atoms with Crippen LogP contribution in [0.15, 0.2) is 12.1 Å². The van der Waals surface area contributed by atoms with Crippen molar-refractivity contribution in [1.82, 2.24) is 10.2 Å². The van der Waals surface area contributed by atoms with Gasteiger partial charge in [-0.05, 0) is 62.4 Å². The van der Waals surface area contributed by atoms with Gasteiger partial charge in [-0.25, -0.2) is 0 Å². The summed E-state index contributed by atoms with van der Waals surface area (Å²) in [5.74, 6) is 0.263. The van der Waals surface area contributed by atoms with E-state index in [9.17, 15) is 4.79 Å². The molecule has 1 fully saturated rings. The van der Waals surface area contributed by atoms with Gasteiger partial charge >= 0.3 is 0 Å². The van der Waals surface area contributed by atoms with Crippen molar-refractivity contribution in [1.29, 1.82) is 0 Å². The summed E-state index contributed by atoms with van der Waals surface area (Å²) in [6.07, 6.45) is 2.07. The van der Waals surface area contributed by atoms with Crippen LogP contribution in [0.3, 0.4) is 0 Å². The third-order valence-electron chi connectivity index (χ3n) is 4.67. The highest BCUT2D eigenvalue weighted by Crippen LogP contribution is 2.22. The van der Waals surface area contributed by atoms with E-state index in [0.29, 0.717) is 13.1 Å². The zero-order valence-corrected chi connectivity index (χ0v) is 15.3. The smallest absolute Gasteiger partial charge is 0.224 e. The van der Waals surface area contributed by atoms with Gasteiger partial charge in [0, 0.05) is 26.2 Å². The Bertz CT molecular complexity index is 533. The van der Waals surface area contributed by atoms with Crippen molar-refractivity contribution in [3.63, 3.8) is 0 Å². The van der Waals surface area contributed by atoms with Crippen molar-refractivity contribution < 1.29 is 4.79 Å². The first kappa shape index (κ1) is 19.9. The minimum absolute atomic E-state index is 0. The normalized spacial score (nSPS) is 18.3. The van der Waals surface area contributed by atoms with Gasteiger partial charge in [-0.1, -0.05) is 12.1 Å². The molecule has 1 saturated heterocycles. The molecule has 1 aromatic rings. The van der Waals surface area contributed by atoms with Crippen molar-refractivity contribution in [2.75, 3.05) is 26.2 Å². The molecule has 1 aromatic carbocycles. The highest BCUT2D eigenvalue weighted by molar-refractivity contribution is 5.85. The van der Waals surface area contributed by atoms with Crippen molar-refractivity contribution in [2.24, 2.45) is 11.7 Å². The number of benzene rings is 1. The molecule has 0 spiro atoms. The third-order valence-corrected chi connectivity index (χ3v) is 4.67. The number of likely N-dealkylation sites (tertiary alicyclic amines) is 1. The van der Waals surface area contributed by atoms with Crippen LogP contribution >= 0.6 is 12.4 Å². The van der Waals surface area contributed by atoms with E-state index in [1.165, 1.54) is 22.3 Å². The molecule has 0 aromatic heterocycles. The molecular formula is C18H30ClN3O. The highest BCUT2D eigenvalue weighted by atomic mass is 35.5. The van der Waals surface area contributed by atoms with Crippen LogP contribution in [-0.2, 0) is 11.3 Å². The van der Waals surface area contributed by atoms with Gasteiger partial charge in [-0.15, -0.1) is 12.4 Å². The molecule has 0 radical (unpaired) electrons. The van der Waals surface area contributed by atoms with E-state index in [4.69, 9.17) is 5.73 Å². The molecule has 4 nitrogen and oxygen atoms in total. The van der Waals surface area contributed by atoms with E-state index in [1.807, 2.05) is 0 Å². The van der Waals surface area contributed by atoms with Gasteiger partial charge in [0.2, 0.25) is 5.91 Å². The predicted octanol–water partition coefficient (Wildman–Crippen LogP) is 2.32. The summed E-state index contributed by atoms with van der Waals surface area (Å²) in [7, 11) is 0. The summed E-state index contributed by atoms with van der Waals surface area (Å²) in [4.78, 5) is 14.5. The number of carbonyl (C=O) groups excluding carboxylic acids is 1. The SMILES string of the molecule is Cc1cc(C)c(CN2CCCC(C(=O)NCCN)C2)cc1C.Cl. The Kier molecular flexibility index (Phi) is 8.03. The van der Waals surface area contributed by atoms with Crippen molar-refractivity contribution >= 4 is 18.3 Å². The number of nitrogens with two attached hydrogens (primary N) is 1. The van der Waals surface area contributed by atoms with Crippen LogP contribution in [0, 0.1) is 26.7 Å². The molecule has 1 aliphatic rings. The fourth-order valence-electron chi connectivity index (χ4n) is 3.18. The van der Waals surface area contributed by atoms with Gasteiger partial charge in [0.15, 0.2) is 0 Å². The third kappa shape index (κ3) is 5.48. The number of rotatable bonds is 5. The number of piperidine rings is 1. The summed E-state index contributed by atoms with van der Waals surface area (Å²) >= 11 is 0. The lowest BCUT2D eigenvalue weighted by Crippen LogP contribution is -2.43. The Balaban J connectivity index is 0.00000264. The monoisotopic (exact) mass is 339 g/mol. The van der Waals surface area contributed by atoms with Gasteiger partial charge in [0.05, 0.1) is 5.92 Å². The molecule has 23 heavy (non-hydrogen) atoms. The highest BCUT2D eigenvalue weighted by Gasteiger charge is 2.25. The molecular weight excluding hydrogens is 310 g/mol. The van der Waals surface area contributed by atoms with Crippen LogP contribution < -0.4 is 11.1 Å². The van der Waals surface area contributed by atoms with Crippen LogP contribution in [0.1, 0.15) is 35.1 Å². The largest absolute Gasteiger partial charge is 0.355 e. The van der Waals surface area contributed by atoms with E-state index >= 15 is 0 Å². The molecule has 1 unspecified atom stereocenters. The molecule has 2 rings (SSSR count). The second kappa shape index (κ2) is 9.26. The summed E-state index contributed by atoms with van der Waals surface area (Å²) in [5, 5.41) is 2.92. The van der Waals surface area contributed by atoms with Crippen LogP contribution in [0.5, 0.6) is 0 Å². The van der Waals surface area contributed by atoms with E-state index in [-0.39, 0.29) is 24.2 Å². The number of hydrogen-bond acceptors (Lipinski definition) is 3. The van der Waals surface area contributed by atoms with Crippen molar-refractivity contribution in [3.8, 4) is 0 Å². The number of halogens is 1. The first-order valence-electron chi connectivity index (χ1n) is 8.28. The van der Waals surface area contributed by atoms with Crippen LogP contribution in [0.2, 0.25) is 0 Å². The van der Waals surface area contributed by atoms with Crippen LogP contribution in [0.25, 0.3) is 0 Å². The number of hydrogen-bond donors (Lipinski definition) is 2. The van der Waals surface area contributed by atoms with Gasteiger partial charge in [-0.2, -0.15) is 0 Å². The lowest BCUT2D eigenvalue weighted by Gasteiger charge is -2.32. The van der Waals surface area contributed by atoms with Crippen molar-refractivity contribution in [2.45, 2.75) is 40.2 Å². The second-order valence-corrected chi connectivity index (χ2v) is 6.52. The van der Waals surface area contributed by atoms with Crippen LogP contribution in [-0.4, -0.2) is 37.0 Å². The molecule has 1 heterocycles. The fraction of sp³-hybridized carbons (Fsp3) is 0.611. The van der Waals surface area contributed by atoms with Crippen LogP contribution in [0.4, 0.5) is 0 Å². The van der Waals surface area contributed by atoms with E-state index in [1.54, 1.807) is 0 Å². The maximum Gasteiger partial charge on any atom is 0.224 e. The van der Waals surface area contributed by atoms with E-state index < -0.39 is 0 Å². The molecule has 3 N–H and O–H groups in total. The molecule has 1 aliphatic heterocycles. The van der Waals surface area contributed by atoms with Gasteiger partial charge in [0.1, 0.15) is 0 Å². The summed E-state index contributed by atoms with van der Waals surface area (Å²) in [6, 6.07) is 4.56. The van der Waals surface area contributed by atoms with E-state index in [0.717, 1.165) is 32.5 Å². The van der Waals surface area contributed by atoms with Gasteiger partial charge in [-0.3, -0.25) is 9.69 Å². The topological polar surface area (TPSA) is 58.4 Å². The lowest BCUT2D eigenvalue weighted by molar-refractivity contribution is -0.126. The lowest BCUT2D eigenvalue weighted by atomic mass is 9.95. The molecule has 0 saturated carbocycles. The average molecular weight is 340 g/mol. The minimum atomic E-state index is 0. The Morgan fingerprint density at radius 2 is 1.96 bits per heavy atom. The number of nitrogens with one attached hydrogen (secondary N) is 1. The molecule has 130 valence electrons. The average Bonchev–Trinajstić information content (AvgIpc) is 2.50. The molecule has 5 heteroatoms. The van der Waals surface area contributed by atoms with Gasteiger partial charge < -0.3 is 11.1 Å². The van der Waals surface area contributed by atoms with Gasteiger partial charge in [0.25, 0.3) is 0 Å². The molecule has 1 amide bonds. The Morgan fingerprint density at radius 3 is 2.65 bits per heavy atom.